The van der Waals surface area contributed by atoms with Crippen molar-refractivity contribution in [2.24, 2.45) is 5.73 Å². The predicted octanol–water partition coefficient (Wildman–Crippen LogP) is 4.68. The fraction of sp³-hybridized carbons (Fsp3) is 0.379. The van der Waals surface area contributed by atoms with Gasteiger partial charge in [-0.3, -0.25) is 19.3 Å². The van der Waals surface area contributed by atoms with Gasteiger partial charge < -0.3 is 21.5 Å². The molecule has 1 aromatic heterocycles. The molecule has 1 aliphatic carbocycles. The third-order valence-electron chi connectivity index (χ3n) is 7.11. The van der Waals surface area contributed by atoms with Crippen molar-refractivity contribution in [2.75, 3.05) is 17.2 Å². The number of hydrogen-bond donors (Lipinski definition) is 3. The summed E-state index contributed by atoms with van der Waals surface area (Å²) in [6, 6.07) is 11.8. The number of primary amides is 1. The Balaban J connectivity index is 1.85. The van der Waals surface area contributed by atoms with Crippen LogP contribution >= 0.6 is 11.5 Å². The molecule has 0 bridgehead atoms. The standard InChI is InChI=1S/C29H35N5O4S/c1-4-38-22-14-11-19(12-15-22)25(28(36)32-20-8-6-5-7-9-20)34(21-13-10-17(2)18(3)16-21)29(37)26-23(30)24(27(31)35)33-39-26/h10-16,20,25H,4-9,30H2,1-3H3,(H2,31,35)(H,32,36)/t25-/m1/s1. The number of hydrogen-bond acceptors (Lipinski definition) is 7. The molecule has 206 valence electrons. The van der Waals surface area contributed by atoms with Crippen LogP contribution in [0, 0.1) is 13.8 Å². The first kappa shape index (κ1) is 28.1. The highest BCUT2D eigenvalue weighted by Crippen LogP contribution is 2.35. The van der Waals surface area contributed by atoms with Crippen LogP contribution in [-0.2, 0) is 4.79 Å². The zero-order valence-electron chi connectivity index (χ0n) is 22.5. The number of ether oxygens (including phenoxy) is 1. The van der Waals surface area contributed by atoms with Crippen molar-refractivity contribution in [1.29, 1.82) is 0 Å². The van der Waals surface area contributed by atoms with Crippen LogP contribution in [0.15, 0.2) is 42.5 Å². The van der Waals surface area contributed by atoms with Gasteiger partial charge in [-0.2, -0.15) is 4.37 Å². The second kappa shape index (κ2) is 12.3. The maximum atomic E-state index is 14.2. The lowest BCUT2D eigenvalue weighted by molar-refractivity contribution is -0.123. The number of amides is 3. The summed E-state index contributed by atoms with van der Waals surface area (Å²) in [5.41, 5.74) is 14.5. The van der Waals surface area contributed by atoms with Crippen molar-refractivity contribution in [3.8, 4) is 5.75 Å². The Labute approximate surface area is 232 Å². The monoisotopic (exact) mass is 549 g/mol. The normalized spacial score (nSPS) is 14.4. The van der Waals surface area contributed by atoms with E-state index in [4.69, 9.17) is 16.2 Å². The van der Waals surface area contributed by atoms with E-state index in [0.29, 0.717) is 23.6 Å². The van der Waals surface area contributed by atoms with E-state index < -0.39 is 17.9 Å². The fourth-order valence-corrected chi connectivity index (χ4v) is 5.60. The van der Waals surface area contributed by atoms with Gasteiger partial charge in [-0.1, -0.05) is 37.5 Å². The summed E-state index contributed by atoms with van der Waals surface area (Å²) in [5, 5.41) is 3.20. The highest BCUT2D eigenvalue weighted by Gasteiger charge is 2.37. The molecule has 4 rings (SSSR count). The Morgan fingerprint density at radius 3 is 2.36 bits per heavy atom. The van der Waals surface area contributed by atoms with E-state index in [9.17, 15) is 14.4 Å². The van der Waals surface area contributed by atoms with E-state index in [2.05, 4.69) is 9.69 Å². The summed E-state index contributed by atoms with van der Waals surface area (Å²) in [7, 11) is 0. The molecular formula is C29H35N5O4S. The fourth-order valence-electron chi connectivity index (χ4n) is 4.86. The van der Waals surface area contributed by atoms with E-state index in [1.54, 1.807) is 24.3 Å². The van der Waals surface area contributed by atoms with Crippen LogP contribution in [0.25, 0.3) is 0 Å². The summed E-state index contributed by atoms with van der Waals surface area (Å²) in [4.78, 5) is 41.6. The van der Waals surface area contributed by atoms with Gasteiger partial charge in [-0.05, 0) is 86.1 Å². The Kier molecular flexibility index (Phi) is 8.86. The van der Waals surface area contributed by atoms with E-state index in [0.717, 1.165) is 54.8 Å². The van der Waals surface area contributed by atoms with Gasteiger partial charge >= 0.3 is 0 Å². The molecule has 2 aromatic carbocycles. The number of carbonyl (C=O) groups is 3. The zero-order valence-corrected chi connectivity index (χ0v) is 23.3. The van der Waals surface area contributed by atoms with Gasteiger partial charge in [0.25, 0.3) is 11.8 Å². The molecule has 0 unspecified atom stereocenters. The number of rotatable bonds is 9. The summed E-state index contributed by atoms with van der Waals surface area (Å²) in [6.07, 6.45) is 5.03. The van der Waals surface area contributed by atoms with Crippen LogP contribution in [0.3, 0.4) is 0 Å². The molecule has 39 heavy (non-hydrogen) atoms. The second-order valence-corrected chi connectivity index (χ2v) is 10.6. The van der Waals surface area contributed by atoms with E-state index >= 15 is 0 Å². The van der Waals surface area contributed by atoms with Crippen LogP contribution < -0.4 is 26.4 Å². The smallest absolute Gasteiger partial charge is 0.273 e. The molecule has 3 amide bonds. The lowest BCUT2D eigenvalue weighted by Gasteiger charge is -2.33. The molecule has 5 N–H and O–H groups in total. The first-order chi connectivity index (χ1) is 18.7. The molecule has 1 aliphatic rings. The molecule has 0 spiro atoms. The first-order valence-corrected chi connectivity index (χ1v) is 14.0. The highest BCUT2D eigenvalue weighted by molar-refractivity contribution is 7.09. The SMILES string of the molecule is CCOc1ccc([C@H](C(=O)NC2CCCCC2)N(C(=O)c2snc(C(N)=O)c2N)c2ccc(C)c(C)c2)cc1. The second-order valence-electron chi connectivity index (χ2n) is 9.83. The number of anilines is 2. The van der Waals surface area contributed by atoms with Gasteiger partial charge in [0.05, 0.1) is 12.3 Å². The molecule has 1 saturated carbocycles. The van der Waals surface area contributed by atoms with E-state index in [1.165, 1.54) is 4.90 Å². The van der Waals surface area contributed by atoms with Crippen molar-refractivity contribution in [1.82, 2.24) is 9.69 Å². The number of nitrogens with two attached hydrogens (primary N) is 2. The van der Waals surface area contributed by atoms with Crippen LogP contribution in [0.4, 0.5) is 11.4 Å². The van der Waals surface area contributed by atoms with Gasteiger partial charge in [-0.25, -0.2) is 0 Å². The first-order valence-electron chi connectivity index (χ1n) is 13.2. The summed E-state index contributed by atoms with van der Waals surface area (Å²) in [5.74, 6) is -0.998. The molecular weight excluding hydrogens is 514 g/mol. The predicted molar refractivity (Wildman–Crippen MR) is 153 cm³/mol. The van der Waals surface area contributed by atoms with Crippen LogP contribution in [0.2, 0.25) is 0 Å². The molecule has 1 heterocycles. The van der Waals surface area contributed by atoms with Crippen molar-refractivity contribution < 1.29 is 19.1 Å². The molecule has 1 atom stereocenters. The summed E-state index contributed by atoms with van der Waals surface area (Å²) < 4.78 is 9.63. The number of nitrogen functional groups attached to an aromatic ring is 1. The van der Waals surface area contributed by atoms with Crippen molar-refractivity contribution in [2.45, 2.75) is 65.0 Å². The molecule has 1 fully saturated rings. The molecule has 3 aromatic rings. The number of aromatic nitrogens is 1. The third kappa shape index (κ3) is 6.22. The molecule has 0 saturated heterocycles. The largest absolute Gasteiger partial charge is 0.494 e. The molecule has 10 heteroatoms. The maximum absolute atomic E-state index is 14.2. The van der Waals surface area contributed by atoms with E-state index in [1.807, 2.05) is 39.0 Å². The number of aryl methyl sites for hydroxylation is 2. The van der Waals surface area contributed by atoms with Crippen molar-refractivity contribution >= 4 is 40.6 Å². The maximum Gasteiger partial charge on any atom is 0.273 e. The summed E-state index contributed by atoms with van der Waals surface area (Å²) in [6.45, 7) is 6.33. The molecule has 9 nitrogen and oxygen atoms in total. The zero-order chi connectivity index (χ0) is 28.1. The molecule has 0 radical (unpaired) electrons. The van der Waals surface area contributed by atoms with E-state index in [-0.39, 0.29) is 28.2 Å². The Morgan fingerprint density at radius 1 is 1.08 bits per heavy atom. The van der Waals surface area contributed by atoms with Gasteiger partial charge in [0.2, 0.25) is 5.91 Å². The minimum Gasteiger partial charge on any atom is -0.494 e. The van der Waals surface area contributed by atoms with Gasteiger partial charge in [-0.15, -0.1) is 0 Å². The van der Waals surface area contributed by atoms with Crippen LogP contribution in [0.5, 0.6) is 5.75 Å². The number of benzene rings is 2. The van der Waals surface area contributed by atoms with Crippen molar-refractivity contribution in [3.05, 3.63) is 69.7 Å². The number of carbonyl (C=O) groups excluding carboxylic acids is 3. The average molecular weight is 550 g/mol. The average Bonchev–Trinajstić information content (AvgIpc) is 3.31. The van der Waals surface area contributed by atoms with Crippen LogP contribution in [-0.4, -0.2) is 34.7 Å². The lowest BCUT2D eigenvalue weighted by atomic mass is 9.94. The molecule has 0 aliphatic heterocycles. The van der Waals surface area contributed by atoms with Gasteiger partial charge in [0.1, 0.15) is 16.7 Å². The van der Waals surface area contributed by atoms with Gasteiger partial charge in [0.15, 0.2) is 5.69 Å². The minimum absolute atomic E-state index is 0.0306. The van der Waals surface area contributed by atoms with Gasteiger partial charge in [0, 0.05) is 11.7 Å². The topological polar surface area (TPSA) is 141 Å². The Bertz CT molecular complexity index is 1350. The van der Waals surface area contributed by atoms with Crippen molar-refractivity contribution in [3.63, 3.8) is 0 Å². The highest BCUT2D eigenvalue weighted by atomic mass is 32.1. The van der Waals surface area contributed by atoms with Crippen LogP contribution in [0.1, 0.15) is 81.9 Å². The minimum atomic E-state index is -1.02. The lowest BCUT2D eigenvalue weighted by Crippen LogP contribution is -2.47. The Hall–Kier alpha value is -3.92. The Morgan fingerprint density at radius 2 is 1.77 bits per heavy atom. The quantitative estimate of drug-likeness (QED) is 0.354. The summed E-state index contributed by atoms with van der Waals surface area (Å²) >= 11 is 0.793. The number of nitrogens with one attached hydrogen (secondary N) is 1. The third-order valence-corrected chi connectivity index (χ3v) is 7.96. The number of nitrogens with zero attached hydrogens (tertiary/aromatic N) is 2.